The fourth-order valence-corrected chi connectivity index (χ4v) is 4.31. The highest BCUT2D eigenvalue weighted by atomic mass is 35.5. The Morgan fingerprint density at radius 3 is 2.64 bits per heavy atom. The predicted octanol–water partition coefficient (Wildman–Crippen LogP) is 3.46. The summed E-state index contributed by atoms with van der Waals surface area (Å²) in [5.41, 5.74) is 0.415. The molecule has 1 amide bonds. The van der Waals surface area contributed by atoms with Crippen LogP contribution in [0.3, 0.4) is 0 Å². The fourth-order valence-electron chi connectivity index (χ4n) is 2.41. The minimum absolute atomic E-state index is 0.131. The Morgan fingerprint density at radius 2 is 2.05 bits per heavy atom. The molecule has 0 radical (unpaired) electrons. The summed E-state index contributed by atoms with van der Waals surface area (Å²) in [6, 6.07) is 3.69. The van der Waals surface area contributed by atoms with Gasteiger partial charge >= 0.3 is 5.97 Å². The molecule has 3 rings (SSSR count). The Kier molecular flexibility index (Phi) is 4.46. The Morgan fingerprint density at radius 1 is 1.32 bits per heavy atom. The quantitative estimate of drug-likeness (QED) is 0.914. The number of rotatable bonds is 3. The SMILES string of the molecule is O=C(O)C1CCN(C(=O)c2csc(-c3ccc(Cl)s3)n2)CC1. The summed E-state index contributed by atoms with van der Waals surface area (Å²) >= 11 is 8.75. The van der Waals surface area contributed by atoms with Crippen molar-refractivity contribution in [3.63, 3.8) is 0 Å². The molecule has 22 heavy (non-hydrogen) atoms. The van der Waals surface area contributed by atoms with Gasteiger partial charge in [0.1, 0.15) is 10.7 Å². The number of hydrogen-bond donors (Lipinski definition) is 1. The second-order valence-corrected chi connectivity index (χ2v) is 7.62. The number of carboxylic acid groups (broad SMARTS) is 1. The number of amides is 1. The van der Waals surface area contributed by atoms with Gasteiger partial charge in [-0.3, -0.25) is 9.59 Å². The standard InChI is InChI=1S/C14H13ClN2O3S2/c15-11-2-1-10(22-11)12-16-9(7-21-12)13(18)17-5-3-8(4-6-17)14(19)20/h1-2,7-8H,3-6H2,(H,19,20). The number of aliphatic carboxylic acids is 1. The molecule has 1 fully saturated rings. The monoisotopic (exact) mass is 356 g/mol. The highest BCUT2D eigenvalue weighted by Gasteiger charge is 2.28. The van der Waals surface area contributed by atoms with Crippen molar-refractivity contribution in [1.29, 1.82) is 0 Å². The molecular formula is C14H13ClN2O3S2. The maximum Gasteiger partial charge on any atom is 0.306 e. The summed E-state index contributed by atoms with van der Waals surface area (Å²) in [6.45, 7) is 0.932. The molecular weight excluding hydrogens is 344 g/mol. The molecule has 1 aliphatic heterocycles. The largest absolute Gasteiger partial charge is 0.481 e. The molecule has 0 saturated carbocycles. The van der Waals surface area contributed by atoms with E-state index < -0.39 is 5.97 Å². The topological polar surface area (TPSA) is 70.5 Å². The van der Waals surface area contributed by atoms with Crippen LogP contribution in [0, 0.1) is 5.92 Å². The first-order valence-corrected chi connectivity index (χ1v) is 8.85. The number of piperidine rings is 1. The molecule has 0 spiro atoms. The van der Waals surface area contributed by atoms with E-state index >= 15 is 0 Å². The summed E-state index contributed by atoms with van der Waals surface area (Å²) in [5, 5.41) is 11.5. The van der Waals surface area contributed by atoms with Crippen LogP contribution in [0.15, 0.2) is 17.5 Å². The highest BCUT2D eigenvalue weighted by molar-refractivity contribution is 7.23. The number of carbonyl (C=O) groups excluding carboxylic acids is 1. The van der Waals surface area contributed by atoms with Crippen molar-refractivity contribution in [1.82, 2.24) is 9.88 Å². The van der Waals surface area contributed by atoms with E-state index in [-0.39, 0.29) is 11.8 Å². The van der Waals surface area contributed by atoms with Crippen LogP contribution in [0.5, 0.6) is 0 Å². The van der Waals surface area contributed by atoms with Crippen LogP contribution in [0.25, 0.3) is 9.88 Å². The third-order valence-corrected chi connectivity index (χ3v) is 5.88. The lowest BCUT2D eigenvalue weighted by Gasteiger charge is -2.29. The van der Waals surface area contributed by atoms with E-state index in [1.807, 2.05) is 6.07 Å². The van der Waals surface area contributed by atoms with Gasteiger partial charge in [-0.15, -0.1) is 22.7 Å². The minimum Gasteiger partial charge on any atom is -0.481 e. The van der Waals surface area contributed by atoms with Crippen molar-refractivity contribution in [2.24, 2.45) is 5.92 Å². The molecule has 0 atom stereocenters. The predicted molar refractivity (Wildman–Crippen MR) is 86.7 cm³/mol. The van der Waals surface area contributed by atoms with Gasteiger partial charge in [-0.2, -0.15) is 0 Å². The molecule has 0 aromatic carbocycles. The Bertz CT molecular complexity index is 705. The molecule has 3 heterocycles. The van der Waals surface area contributed by atoms with Gasteiger partial charge in [0.15, 0.2) is 0 Å². The molecule has 2 aromatic rings. The molecule has 2 aromatic heterocycles. The number of hydrogen-bond acceptors (Lipinski definition) is 5. The van der Waals surface area contributed by atoms with Crippen molar-refractivity contribution in [2.75, 3.05) is 13.1 Å². The molecule has 1 saturated heterocycles. The zero-order chi connectivity index (χ0) is 15.7. The van der Waals surface area contributed by atoms with E-state index in [2.05, 4.69) is 4.98 Å². The number of thiazole rings is 1. The van der Waals surface area contributed by atoms with Crippen LogP contribution in [-0.4, -0.2) is 40.0 Å². The number of carboxylic acids is 1. The van der Waals surface area contributed by atoms with Crippen LogP contribution >= 0.6 is 34.3 Å². The van der Waals surface area contributed by atoms with Gasteiger partial charge in [-0.25, -0.2) is 4.98 Å². The van der Waals surface area contributed by atoms with Gasteiger partial charge in [-0.05, 0) is 25.0 Å². The lowest BCUT2D eigenvalue weighted by atomic mass is 9.97. The lowest BCUT2D eigenvalue weighted by molar-refractivity contribution is -0.143. The van der Waals surface area contributed by atoms with E-state index in [1.165, 1.54) is 22.7 Å². The zero-order valence-corrected chi connectivity index (χ0v) is 13.9. The van der Waals surface area contributed by atoms with Crippen LogP contribution in [0.1, 0.15) is 23.3 Å². The van der Waals surface area contributed by atoms with Crippen molar-refractivity contribution < 1.29 is 14.7 Å². The highest BCUT2D eigenvalue weighted by Crippen LogP contribution is 2.33. The number of carbonyl (C=O) groups is 2. The smallest absolute Gasteiger partial charge is 0.306 e. The summed E-state index contributed by atoms with van der Waals surface area (Å²) < 4.78 is 0.689. The molecule has 8 heteroatoms. The summed E-state index contributed by atoms with van der Waals surface area (Å²) in [7, 11) is 0. The third-order valence-electron chi connectivity index (χ3n) is 3.64. The average molecular weight is 357 g/mol. The molecule has 1 aliphatic rings. The number of thiophene rings is 1. The van der Waals surface area contributed by atoms with Gasteiger partial charge in [0, 0.05) is 18.5 Å². The maximum absolute atomic E-state index is 12.4. The number of halogens is 1. The second-order valence-electron chi connectivity index (χ2n) is 5.05. The number of aromatic nitrogens is 1. The first-order chi connectivity index (χ1) is 10.5. The van der Waals surface area contributed by atoms with Gasteiger partial charge in [0.2, 0.25) is 0 Å². The average Bonchev–Trinajstić information content (AvgIpc) is 3.15. The van der Waals surface area contributed by atoms with Crippen molar-refractivity contribution in [3.8, 4) is 9.88 Å². The van der Waals surface area contributed by atoms with Crippen LogP contribution in [0.2, 0.25) is 4.34 Å². The van der Waals surface area contributed by atoms with Crippen LogP contribution in [0.4, 0.5) is 0 Å². The van der Waals surface area contributed by atoms with Gasteiger partial charge in [0.05, 0.1) is 15.1 Å². The van der Waals surface area contributed by atoms with E-state index in [9.17, 15) is 9.59 Å². The lowest BCUT2D eigenvalue weighted by Crippen LogP contribution is -2.40. The normalized spacial score (nSPS) is 16.0. The molecule has 0 bridgehead atoms. The zero-order valence-electron chi connectivity index (χ0n) is 11.5. The Hall–Kier alpha value is -1.44. The molecule has 116 valence electrons. The second kappa shape index (κ2) is 6.36. The first-order valence-electron chi connectivity index (χ1n) is 6.78. The van der Waals surface area contributed by atoms with Crippen molar-refractivity contribution in [3.05, 3.63) is 27.5 Å². The van der Waals surface area contributed by atoms with E-state index in [1.54, 1.807) is 16.3 Å². The Labute approximate surface area is 140 Å². The summed E-state index contributed by atoms with van der Waals surface area (Å²) in [5.74, 6) is -1.25. The number of nitrogens with zero attached hydrogens (tertiary/aromatic N) is 2. The maximum atomic E-state index is 12.4. The molecule has 1 N–H and O–H groups in total. The van der Waals surface area contributed by atoms with Crippen molar-refractivity contribution in [2.45, 2.75) is 12.8 Å². The van der Waals surface area contributed by atoms with Gasteiger partial charge in [0.25, 0.3) is 5.91 Å². The van der Waals surface area contributed by atoms with Crippen LogP contribution in [-0.2, 0) is 4.79 Å². The number of likely N-dealkylation sites (tertiary alicyclic amines) is 1. The molecule has 0 unspecified atom stereocenters. The first kappa shape index (κ1) is 15.5. The fraction of sp³-hybridized carbons (Fsp3) is 0.357. The van der Waals surface area contributed by atoms with Gasteiger partial charge < -0.3 is 10.0 Å². The summed E-state index contributed by atoms with van der Waals surface area (Å²) in [6.07, 6.45) is 0.997. The third kappa shape index (κ3) is 3.16. The minimum atomic E-state index is -0.780. The van der Waals surface area contributed by atoms with E-state index in [0.717, 1.165) is 9.88 Å². The Balaban J connectivity index is 1.69. The van der Waals surface area contributed by atoms with Gasteiger partial charge in [-0.1, -0.05) is 11.6 Å². The van der Waals surface area contributed by atoms with E-state index in [4.69, 9.17) is 16.7 Å². The van der Waals surface area contributed by atoms with E-state index in [0.29, 0.717) is 36.0 Å². The molecule has 0 aliphatic carbocycles. The van der Waals surface area contributed by atoms with Crippen LogP contribution < -0.4 is 0 Å². The molecule has 5 nitrogen and oxygen atoms in total. The summed E-state index contributed by atoms with van der Waals surface area (Å²) in [4.78, 5) is 30.4. The van der Waals surface area contributed by atoms with Crippen molar-refractivity contribution >= 4 is 46.2 Å².